The van der Waals surface area contributed by atoms with E-state index in [1.165, 1.54) is 23.5 Å². The normalized spacial score (nSPS) is 18.4. The van der Waals surface area contributed by atoms with Crippen molar-refractivity contribution in [1.29, 1.82) is 0 Å². The first-order chi connectivity index (χ1) is 16.1. The Balaban J connectivity index is 1.61. The van der Waals surface area contributed by atoms with Crippen molar-refractivity contribution >= 4 is 39.5 Å². The standard InChI is InChI=1S/C25H32N4O4S/c1-25(2,3)16-9-10-19-20(13-16)34-24(27-21(30)15-28-11-4-5-12-28)22(19)23(31)26-17-7-6-8-18(14-17)29(32)33/h6-8,14,16H,4-5,9-13,15H2,1-3H3,(H,26,31)(H,27,30). The van der Waals surface area contributed by atoms with Gasteiger partial charge in [-0.2, -0.15) is 0 Å². The summed E-state index contributed by atoms with van der Waals surface area (Å²) in [5, 5.41) is 17.5. The molecule has 182 valence electrons. The third-order valence-corrected chi connectivity index (χ3v) is 8.02. The number of amides is 2. The zero-order valence-corrected chi connectivity index (χ0v) is 20.8. The topological polar surface area (TPSA) is 105 Å². The Hall–Kier alpha value is -2.78. The molecule has 2 heterocycles. The average Bonchev–Trinajstić information content (AvgIpc) is 3.39. The van der Waals surface area contributed by atoms with Crippen molar-refractivity contribution < 1.29 is 14.5 Å². The largest absolute Gasteiger partial charge is 0.322 e. The Morgan fingerprint density at radius 2 is 1.94 bits per heavy atom. The molecule has 1 unspecified atom stereocenters. The number of nitrogens with zero attached hydrogens (tertiary/aromatic N) is 2. The summed E-state index contributed by atoms with van der Waals surface area (Å²) in [6, 6.07) is 5.91. The first-order valence-corrected chi connectivity index (χ1v) is 12.7. The minimum absolute atomic E-state index is 0.0858. The molecule has 1 aromatic heterocycles. The summed E-state index contributed by atoms with van der Waals surface area (Å²) >= 11 is 1.50. The van der Waals surface area contributed by atoms with Gasteiger partial charge in [-0.15, -0.1) is 11.3 Å². The van der Waals surface area contributed by atoms with Gasteiger partial charge in [0.15, 0.2) is 0 Å². The van der Waals surface area contributed by atoms with Crippen LogP contribution in [0.4, 0.5) is 16.4 Å². The molecular formula is C25H32N4O4S. The van der Waals surface area contributed by atoms with E-state index in [9.17, 15) is 19.7 Å². The number of non-ortho nitro benzene ring substituents is 1. The monoisotopic (exact) mass is 484 g/mol. The number of hydrogen-bond donors (Lipinski definition) is 2. The minimum atomic E-state index is -0.487. The molecule has 1 atom stereocenters. The summed E-state index contributed by atoms with van der Waals surface area (Å²) < 4.78 is 0. The zero-order chi connectivity index (χ0) is 24.5. The van der Waals surface area contributed by atoms with E-state index < -0.39 is 4.92 Å². The van der Waals surface area contributed by atoms with Gasteiger partial charge in [-0.25, -0.2) is 0 Å². The highest BCUT2D eigenvalue weighted by atomic mass is 32.1. The molecule has 1 aliphatic heterocycles. The molecule has 0 radical (unpaired) electrons. The van der Waals surface area contributed by atoms with Crippen molar-refractivity contribution in [1.82, 2.24) is 4.90 Å². The fourth-order valence-corrected chi connectivity index (χ4v) is 6.20. The number of nitro groups is 1. The lowest BCUT2D eigenvalue weighted by Gasteiger charge is -2.33. The van der Waals surface area contributed by atoms with Crippen molar-refractivity contribution in [3.05, 3.63) is 50.4 Å². The van der Waals surface area contributed by atoms with Crippen LogP contribution in [0.1, 0.15) is 60.8 Å². The Kier molecular flexibility index (Phi) is 7.04. The molecule has 2 aromatic rings. The predicted octanol–water partition coefficient (Wildman–Crippen LogP) is 5.09. The average molecular weight is 485 g/mol. The lowest BCUT2D eigenvalue weighted by atomic mass is 9.72. The maximum absolute atomic E-state index is 13.4. The molecule has 2 aliphatic rings. The van der Waals surface area contributed by atoms with Crippen LogP contribution in [0.3, 0.4) is 0 Å². The zero-order valence-electron chi connectivity index (χ0n) is 20.0. The summed E-state index contributed by atoms with van der Waals surface area (Å²) in [6.07, 6.45) is 4.83. The molecule has 1 aromatic carbocycles. The van der Waals surface area contributed by atoms with E-state index in [0.717, 1.165) is 55.6 Å². The van der Waals surface area contributed by atoms with Crippen LogP contribution in [0.5, 0.6) is 0 Å². The summed E-state index contributed by atoms with van der Waals surface area (Å²) in [7, 11) is 0. The number of nitro benzene ring substituents is 1. The summed E-state index contributed by atoms with van der Waals surface area (Å²) in [6.45, 7) is 8.88. The van der Waals surface area contributed by atoms with Crippen LogP contribution < -0.4 is 10.6 Å². The van der Waals surface area contributed by atoms with E-state index in [1.807, 2.05) is 0 Å². The third kappa shape index (κ3) is 5.47. The van der Waals surface area contributed by atoms with Gasteiger partial charge in [0.2, 0.25) is 5.91 Å². The number of thiophene rings is 1. The van der Waals surface area contributed by atoms with Gasteiger partial charge in [0, 0.05) is 22.7 Å². The van der Waals surface area contributed by atoms with Crippen LogP contribution in [0.2, 0.25) is 0 Å². The van der Waals surface area contributed by atoms with E-state index in [4.69, 9.17) is 0 Å². The van der Waals surface area contributed by atoms with Gasteiger partial charge in [-0.05, 0) is 68.2 Å². The predicted molar refractivity (Wildman–Crippen MR) is 135 cm³/mol. The molecule has 4 rings (SSSR count). The molecule has 1 saturated heterocycles. The number of rotatable bonds is 6. The van der Waals surface area contributed by atoms with Crippen molar-refractivity contribution in [3.63, 3.8) is 0 Å². The third-order valence-electron chi connectivity index (χ3n) is 6.85. The highest BCUT2D eigenvalue weighted by Gasteiger charge is 2.34. The number of carbonyl (C=O) groups excluding carboxylic acids is 2. The highest BCUT2D eigenvalue weighted by molar-refractivity contribution is 7.17. The number of carbonyl (C=O) groups is 2. The second kappa shape index (κ2) is 9.84. The first kappa shape index (κ1) is 24.3. The molecule has 0 spiro atoms. The SMILES string of the molecule is CC(C)(C)C1CCc2c(sc(NC(=O)CN3CCCC3)c2C(=O)Nc2cccc([N+](=O)[O-])c2)C1. The lowest BCUT2D eigenvalue weighted by molar-refractivity contribution is -0.384. The van der Waals surface area contributed by atoms with E-state index in [0.29, 0.717) is 28.7 Å². The fourth-order valence-electron chi connectivity index (χ4n) is 4.85. The van der Waals surface area contributed by atoms with Crippen LogP contribution in [-0.2, 0) is 17.6 Å². The maximum Gasteiger partial charge on any atom is 0.271 e. The summed E-state index contributed by atoms with van der Waals surface area (Å²) in [5.41, 5.74) is 1.92. The molecular weight excluding hydrogens is 452 g/mol. The van der Waals surface area contributed by atoms with Crippen molar-refractivity contribution in [2.24, 2.45) is 11.3 Å². The smallest absolute Gasteiger partial charge is 0.271 e. The lowest BCUT2D eigenvalue weighted by Crippen LogP contribution is -2.31. The maximum atomic E-state index is 13.4. The molecule has 9 heteroatoms. The Morgan fingerprint density at radius 1 is 1.21 bits per heavy atom. The van der Waals surface area contributed by atoms with Gasteiger partial charge < -0.3 is 10.6 Å². The quantitative estimate of drug-likeness (QED) is 0.439. The number of fused-ring (bicyclic) bond motifs is 1. The molecule has 1 fully saturated rings. The highest BCUT2D eigenvalue weighted by Crippen LogP contribution is 2.44. The van der Waals surface area contributed by atoms with Crippen molar-refractivity contribution in [2.75, 3.05) is 30.3 Å². The van der Waals surface area contributed by atoms with E-state index in [2.05, 4.69) is 36.3 Å². The Morgan fingerprint density at radius 3 is 2.62 bits per heavy atom. The van der Waals surface area contributed by atoms with Crippen LogP contribution in [0, 0.1) is 21.4 Å². The molecule has 1 aliphatic carbocycles. The van der Waals surface area contributed by atoms with Gasteiger partial charge in [0.25, 0.3) is 11.6 Å². The van der Waals surface area contributed by atoms with Crippen molar-refractivity contribution in [3.8, 4) is 0 Å². The molecule has 2 amide bonds. The van der Waals surface area contributed by atoms with Crippen molar-refractivity contribution in [2.45, 2.75) is 52.9 Å². The molecule has 8 nitrogen and oxygen atoms in total. The van der Waals surface area contributed by atoms with E-state index in [1.54, 1.807) is 12.1 Å². The number of anilines is 2. The number of hydrogen-bond acceptors (Lipinski definition) is 6. The molecule has 0 bridgehead atoms. The van der Waals surface area contributed by atoms with E-state index >= 15 is 0 Å². The fraction of sp³-hybridized carbons (Fsp3) is 0.520. The first-order valence-electron chi connectivity index (χ1n) is 11.8. The van der Waals surface area contributed by atoms with Crippen LogP contribution in [0.15, 0.2) is 24.3 Å². The van der Waals surface area contributed by atoms with Gasteiger partial charge in [0.1, 0.15) is 5.00 Å². The van der Waals surface area contributed by atoms with E-state index in [-0.39, 0.29) is 22.9 Å². The van der Waals surface area contributed by atoms with Crippen LogP contribution >= 0.6 is 11.3 Å². The van der Waals surface area contributed by atoms with Gasteiger partial charge in [-0.1, -0.05) is 26.8 Å². The van der Waals surface area contributed by atoms with Crippen LogP contribution in [0.25, 0.3) is 0 Å². The molecule has 0 saturated carbocycles. The summed E-state index contributed by atoms with van der Waals surface area (Å²) in [5.74, 6) is 0.0421. The molecule has 2 N–H and O–H groups in total. The summed E-state index contributed by atoms with van der Waals surface area (Å²) in [4.78, 5) is 40.1. The molecule has 34 heavy (non-hydrogen) atoms. The second-order valence-electron chi connectivity index (χ2n) is 10.3. The minimum Gasteiger partial charge on any atom is -0.322 e. The number of likely N-dealkylation sites (tertiary alicyclic amines) is 1. The second-order valence-corrected chi connectivity index (χ2v) is 11.4. The Bertz CT molecular complexity index is 1100. The van der Waals surface area contributed by atoms with Gasteiger partial charge in [-0.3, -0.25) is 24.6 Å². The number of benzene rings is 1. The van der Waals surface area contributed by atoms with Gasteiger partial charge >= 0.3 is 0 Å². The van der Waals surface area contributed by atoms with Crippen LogP contribution in [-0.4, -0.2) is 41.3 Å². The van der Waals surface area contributed by atoms with Gasteiger partial charge in [0.05, 0.1) is 17.0 Å². The Labute approximate surface area is 203 Å². The number of nitrogens with one attached hydrogen (secondary N) is 2.